The second kappa shape index (κ2) is 5.69. The van der Waals surface area contributed by atoms with Gasteiger partial charge in [-0.05, 0) is 25.5 Å². The van der Waals surface area contributed by atoms with Gasteiger partial charge in [0, 0.05) is 4.92 Å². The zero-order valence-electron chi connectivity index (χ0n) is 11.3. The fraction of sp³-hybridized carbons (Fsp3) is 0.267. The molecular formula is C15H15NO4. The first-order valence-electron chi connectivity index (χ1n) is 6.27. The number of nitrogens with zero attached hydrogens (tertiary/aromatic N) is 1. The van der Waals surface area contributed by atoms with Crippen molar-refractivity contribution < 1.29 is 14.5 Å². The van der Waals surface area contributed by atoms with Gasteiger partial charge >= 0.3 is 0 Å². The minimum Gasteiger partial charge on any atom is -0.465 e. The van der Waals surface area contributed by atoms with Crippen molar-refractivity contribution in [3.8, 4) is 0 Å². The number of hydrogen-bond acceptors (Lipinski definition) is 4. The number of rotatable bonds is 4. The summed E-state index contributed by atoms with van der Waals surface area (Å²) in [5, 5.41) is 10.8. The van der Waals surface area contributed by atoms with E-state index in [0.29, 0.717) is 17.1 Å². The van der Waals surface area contributed by atoms with Crippen LogP contribution in [0.3, 0.4) is 0 Å². The van der Waals surface area contributed by atoms with E-state index in [9.17, 15) is 14.9 Å². The summed E-state index contributed by atoms with van der Waals surface area (Å²) in [6, 6.07) is 9.38. The average Bonchev–Trinajstić information content (AvgIpc) is 2.66. The van der Waals surface area contributed by atoms with E-state index < -0.39 is 10.8 Å². The number of hydrogen-bond donors (Lipinski definition) is 0. The minimum atomic E-state index is -0.609. The summed E-state index contributed by atoms with van der Waals surface area (Å²) in [6.45, 7) is 2.72. The van der Waals surface area contributed by atoms with E-state index in [2.05, 4.69) is 0 Å². The first kappa shape index (κ1) is 14.0. The zero-order chi connectivity index (χ0) is 14.7. The molecule has 20 heavy (non-hydrogen) atoms. The van der Waals surface area contributed by atoms with Gasteiger partial charge in [0.15, 0.2) is 5.78 Å². The summed E-state index contributed by atoms with van der Waals surface area (Å²) in [4.78, 5) is 22.1. The fourth-order valence-corrected chi connectivity index (χ4v) is 2.36. The Morgan fingerprint density at radius 1 is 1.40 bits per heavy atom. The highest BCUT2D eigenvalue weighted by Gasteiger charge is 2.36. The van der Waals surface area contributed by atoms with Gasteiger partial charge < -0.3 is 4.74 Å². The van der Waals surface area contributed by atoms with Gasteiger partial charge in [-0.25, -0.2) is 0 Å². The maximum absolute atomic E-state index is 11.7. The number of ether oxygens (including phenoxy) is 1. The Bertz CT molecular complexity index is 602. The largest absolute Gasteiger partial charge is 0.465 e. The molecule has 0 aliphatic carbocycles. The third kappa shape index (κ3) is 2.93. The molecule has 0 bridgehead atoms. The number of Topliss-reactive ketones (excluding diaryl/α,β-unsaturated/α-hetero) is 1. The van der Waals surface area contributed by atoms with Gasteiger partial charge in [0.05, 0.1) is 5.57 Å². The molecule has 0 saturated carbocycles. The summed E-state index contributed by atoms with van der Waals surface area (Å²) in [5.41, 5.74) is 1.28. The van der Waals surface area contributed by atoms with E-state index in [4.69, 9.17) is 4.74 Å². The van der Waals surface area contributed by atoms with Crippen molar-refractivity contribution >= 4 is 11.9 Å². The lowest BCUT2D eigenvalue weighted by Crippen LogP contribution is -2.19. The van der Waals surface area contributed by atoms with Gasteiger partial charge in [0.25, 0.3) is 0 Å². The SMILES string of the molecule is CC(=O)C1=C(C)O/C(=C\c2ccccc2)[C@H]1C[N+](=O)[O-]. The Labute approximate surface area is 116 Å². The van der Waals surface area contributed by atoms with E-state index in [1.165, 1.54) is 6.92 Å². The van der Waals surface area contributed by atoms with Gasteiger partial charge in [-0.1, -0.05) is 30.3 Å². The van der Waals surface area contributed by atoms with Crippen LogP contribution < -0.4 is 0 Å². The van der Waals surface area contributed by atoms with Crippen molar-refractivity contribution in [2.45, 2.75) is 13.8 Å². The summed E-state index contributed by atoms with van der Waals surface area (Å²) in [7, 11) is 0. The van der Waals surface area contributed by atoms with Crippen LogP contribution in [0.4, 0.5) is 0 Å². The fourth-order valence-electron chi connectivity index (χ4n) is 2.36. The Hall–Kier alpha value is -2.43. The van der Waals surface area contributed by atoms with Crippen LogP contribution >= 0.6 is 0 Å². The Morgan fingerprint density at radius 3 is 2.60 bits per heavy atom. The molecule has 0 unspecified atom stereocenters. The molecule has 1 atom stereocenters. The predicted molar refractivity (Wildman–Crippen MR) is 74.2 cm³/mol. The number of nitro groups is 1. The molecule has 0 spiro atoms. The molecule has 5 nitrogen and oxygen atoms in total. The molecule has 0 N–H and O–H groups in total. The highest BCUT2D eigenvalue weighted by atomic mass is 16.6. The quantitative estimate of drug-likeness (QED) is 0.624. The molecule has 104 valence electrons. The van der Waals surface area contributed by atoms with Crippen LogP contribution in [0, 0.1) is 16.0 Å². The highest BCUT2D eigenvalue weighted by Crippen LogP contribution is 2.35. The highest BCUT2D eigenvalue weighted by molar-refractivity contribution is 5.95. The molecular weight excluding hydrogens is 258 g/mol. The molecule has 0 amide bonds. The van der Waals surface area contributed by atoms with E-state index >= 15 is 0 Å². The Morgan fingerprint density at radius 2 is 2.05 bits per heavy atom. The second-order valence-corrected chi connectivity index (χ2v) is 4.65. The molecule has 0 aromatic heterocycles. The monoisotopic (exact) mass is 273 g/mol. The van der Waals surface area contributed by atoms with Crippen molar-refractivity contribution in [2.24, 2.45) is 5.92 Å². The number of benzene rings is 1. The summed E-state index contributed by atoms with van der Waals surface area (Å²) < 4.78 is 5.57. The third-order valence-corrected chi connectivity index (χ3v) is 3.16. The number of carbonyl (C=O) groups is 1. The van der Waals surface area contributed by atoms with Crippen LogP contribution in [0.1, 0.15) is 19.4 Å². The van der Waals surface area contributed by atoms with Crippen LogP contribution in [-0.4, -0.2) is 17.3 Å². The predicted octanol–water partition coefficient (Wildman–Crippen LogP) is 2.81. The average molecular weight is 273 g/mol. The van der Waals surface area contributed by atoms with Gasteiger partial charge in [-0.15, -0.1) is 0 Å². The van der Waals surface area contributed by atoms with Crippen molar-refractivity contribution in [1.29, 1.82) is 0 Å². The summed E-state index contributed by atoms with van der Waals surface area (Å²) in [5.74, 6) is 0.107. The maximum Gasteiger partial charge on any atom is 0.218 e. The lowest BCUT2D eigenvalue weighted by atomic mass is 9.94. The van der Waals surface area contributed by atoms with Crippen molar-refractivity contribution in [3.63, 3.8) is 0 Å². The van der Waals surface area contributed by atoms with Gasteiger partial charge in [-0.3, -0.25) is 14.9 Å². The van der Waals surface area contributed by atoms with Gasteiger partial charge in [-0.2, -0.15) is 0 Å². The number of ketones is 1. The molecule has 5 heteroatoms. The van der Waals surface area contributed by atoms with Crippen LogP contribution in [0.25, 0.3) is 6.08 Å². The second-order valence-electron chi connectivity index (χ2n) is 4.65. The minimum absolute atomic E-state index is 0.189. The zero-order valence-corrected chi connectivity index (χ0v) is 11.3. The van der Waals surface area contributed by atoms with Crippen molar-refractivity contribution in [2.75, 3.05) is 6.54 Å². The molecule has 0 fully saturated rings. The summed E-state index contributed by atoms with van der Waals surface area (Å²) in [6.07, 6.45) is 1.74. The molecule has 0 saturated heterocycles. The number of allylic oxidation sites excluding steroid dienone is 1. The van der Waals surface area contributed by atoms with Crippen molar-refractivity contribution in [3.05, 3.63) is 63.1 Å². The van der Waals surface area contributed by atoms with Crippen LogP contribution in [0.5, 0.6) is 0 Å². The van der Waals surface area contributed by atoms with Crippen LogP contribution in [-0.2, 0) is 9.53 Å². The lowest BCUT2D eigenvalue weighted by molar-refractivity contribution is -0.484. The molecule has 1 aliphatic heterocycles. The smallest absolute Gasteiger partial charge is 0.218 e. The first-order chi connectivity index (χ1) is 9.49. The van der Waals surface area contributed by atoms with Gasteiger partial charge in [0.2, 0.25) is 6.54 Å². The van der Waals surface area contributed by atoms with Crippen LogP contribution in [0.15, 0.2) is 47.4 Å². The lowest BCUT2D eigenvalue weighted by Gasteiger charge is -2.08. The molecule has 1 aromatic rings. The van der Waals surface area contributed by atoms with E-state index in [1.807, 2.05) is 30.3 Å². The van der Waals surface area contributed by atoms with E-state index in [1.54, 1.807) is 13.0 Å². The van der Waals surface area contributed by atoms with E-state index in [0.717, 1.165) is 5.56 Å². The standard InChI is InChI=1S/C15H15NO4/c1-10(17)15-11(2)20-14(13(15)9-16(18)19)8-12-6-4-3-5-7-12/h3-8,13H,9H2,1-2H3/b14-8-/t13-/m1/s1. The molecule has 1 heterocycles. The summed E-state index contributed by atoms with van der Waals surface area (Å²) >= 11 is 0. The van der Waals surface area contributed by atoms with E-state index in [-0.39, 0.29) is 12.3 Å². The topological polar surface area (TPSA) is 69.4 Å². The molecule has 1 aliphatic rings. The Balaban J connectivity index is 2.38. The van der Waals surface area contributed by atoms with Crippen molar-refractivity contribution in [1.82, 2.24) is 0 Å². The first-order valence-corrected chi connectivity index (χ1v) is 6.27. The van der Waals surface area contributed by atoms with Crippen LogP contribution in [0.2, 0.25) is 0 Å². The molecule has 1 aromatic carbocycles. The van der Waals surface area contributed by atoms with Gasteiger partial charge in [0.1, 0.15) is 17.4 Å². The Kier molecular flexibility index (Phi) is 3.98. The molecule has 0 radical (unpaired) electrons. The number of carbonyl (C=O) groups excluding carboxylic acids is 1. The molecule has 2 rings (SSSR count). The normalized spacial score (nSPS) is 20.1. The third-order valence-electron chi connectivity index (χ3n) is 3.16. The maximum atomic E-state index is 11.7.